The average Bonchev–Trinajstić information content (AvgIpc) is 2.81. The fourth-order valence-electron chi connectivity index (χ4n) is 4.33. The van der Waals surface area contributed by atoms with Gasteiger partial charge in [-0.15, -0.1) is 0 Å². The van der Waals surface area contributed by atoms with Crippen molar-refractivity contribution in [2.24, 2.45) is 0 Å². The lowest BCUT2D eigenvalue weighted by Crippen LogP contribution is -2.43. The molecule has 0 spiro atoms. The monoisotopic (exact) mass is 437 g/mol. The standard InChI is InChI=1S/C24H28ClN5O/c25-23-15-21(4-1-18(23)16-26)28-19-5-7-20(8-6-19)29-24(31)17-2-9-22(10-3-17)30-13-11-27-12-14-30/h1-4,9-10,15,19-20,27-28H,5-8,11-14H2,(H,29,31). The quantitative estimate of drug-likeness (QED) is 0.663. The molecule has 4 rings (SSSR count). The number of anilines is 2. The van der Waals surface area contributed by atoms with Gasteiger partial charge in [-0.3, -0.25) is 4.79 Å². The number of benzene rings is 2. The van der Waals surface area contributed by atoms with Crippen molar-refractivity contribution in [3.8, 4) is 6.07 Å². The molecule has 1 saturated carbocycles. The van der Waals surface area contributed by atoms with E-state index >= 15 is 0 Å². The van der Waals surface area contributed by atoms with Crippen molar-refractivity contribution < 1.29 is 4.79 Å². The molecule has 1 aliphatic heterocycles. The van der Waals surface area contributed by atoms with Crippen LogP contribution in [0.5, 0.6) is 0 Å². The molecule has 1 amide bonds. The van der Waals surface area contributed by atoms with E-state index in [0.717, 1.165) is 57.5 Å². The zero-order chi connectivity index (χ0) is 21.6. The number of nitriles is 1. The topological polar surface area (TPSA) is 80.2 Å². The summed E-state index contributed by atoms with van der Waals surface area (Å²) >= 11 is 6.12. The maximum absolute atomic E-state index is 12.7. The number of hydrogen-bond acceptors (Lipinski definition) is 5. The molecule has 7 heteroatoms. The van der Waals surface area contributed by atoms with Crippen LogP contribution < -0.4 is 20.9 Å². The third-order valence-corrected chi connectivity index (χ3v) is 6.45. The number of amides is 1. The Balaban J connectivity index is 1.25. The molecule has 1 saturated heterocycles. The minimum atomic E-state index is 0.00199. The number of carbonyl (C=O) groups is 1. The van der Waals surface area contributed by atoms with Gasteiger partial charge < -0.3 is 20.9 Å². The number of halogens is 1. The van der Waals surface area contributed by atoms with Gasteiger partial charge in [0, 0.05) is 55.2 Å². The first-order valence-electron chi connectivity index (χ1n) is 10.9. The highest BCUT2D eigenvalue weighted by atomic mass is 35.5. The molecule has 2 aliphatic rings. The van der Waals surface area contributed by atoms with Gasteiger partial charge in [-0.05, 0) is 68.1 Å². The van der Waals surface area contributed by atoms with Crippen LogP contribution >= 0.6 is 11.6 Å². The van der Waals surface area contributed by atoms with Gasteiger partial charge in [-0.2, -0.15) is 5.26 Å². The van der Waals surface area contributed by atoms with E-state index in [4.69, 9.17) is 16.9 Å². The summed E-state index contributed by atoms with van der Waals surface area (Å²) in [7, 11) is 0. The van der Waals surface area contributed by atoms with Crippen molar-refractivity contribution in [2.45, 2.75) is 37.8 Å². The Morgan fingerprint density at radius 2 is 1.71 bits per heavy atom. The first-order valence-corrected chi connectivity index (χ1v) is 11.3. The van der Waals surface area contributed by atoms with Gasteiger partial charge >= 0.3 is 0 Å². The molecule has 2 fully saturated rings. The number of nitrogens with one attached hydrogen (secondary N) is 3. The summed E-state index contributed by atoms with van der Waals surface area (Å²) in [5, 5.41) is 19.5. The van der Waals surface area contributed by atoms with Crippen molar-refractivity contribution in [1.82, 2.24) is 10.6 Å². The number of hydrogen-bond donors (Lipinski definition) is 3. The van der Waals surface area contributed by atoms with Gasteiger partial charge in [-0.25, -0.2) is 0 Å². The summed E-state index contributed by atoms with van der Waals surface area (Å²) in [6.45, 7) is 3.99. The van der Waals surface area contributed by atoms with Crippen molar-refractivity contribution >= 4 is 28.9 Å². The Morgan fingerprint density at radius 3 is 2.35 bits per heavy atom. The van der Waals surface area contributed by atoms with Crippen LogP contribution in [0.2, 0.25) is 5.02 Å². The maximum Gasteiger partial charge on any atom is 0.251 e. The molecular formula is C24H28ClN5O. The van der Waals surface area contributed by atoms with E-state index in [1.54, 1.807) is 12.1 Å². The third-order valence-electron chi connectivity index (χ3n) is 6.13. The van der Waals surface area contributed by atoms with E-state index in [9.17, 15) is 4.79 Å². The third kappa shape index (κ3) is 5.49. The Hall–Kier alpha value is -2.75. The highest BCUT2D eigenvalue weighted by Gasteiger charge is 2.23. The molecular weight excluding hydrogens is 410 g/mol. The predicted octanol–water partition coefficient (Wildman–Crippen LogP) is 3.77. The molecule has 1 aliphatic carbocycles. The Labute approximate surface area is 188 Å². The molecule has 2 aromatic rings. The van der Waals surface area contributed by atoms with E-state index in [1.165, 1.54) is 5.69 Å². The number of carbonyl (C=O) groups excluding carboxylic acids is 1. The van der Waals surface area contributed by atoms with Crippen LogP contribution in [0.15, 0.2) is 42.5 Å². The van der Waals surface area contributed by atoms with Crippen molar-refractivity contribution in [3.63, 3.8) is 0 Å². The number of rotatable bonds is 5. The van der Waals surface area contributed by atoms with Gasteiger partial charge in [0.25, 0.3) is 5.91 Å². The lowest BCUT2D eigenvalue weighted by molar-refractivity contribution is 0.0926. The fourth-order valence-corrected chi connectivity index (χ4v) is 4.55. The predicted molar refractivity (Wildman–Crippen MR) is 125 cm³/mol. The smallest absolute Gasteiger partial charge is 0.251 e. The average molecular weight is 438 g/mol. The van der Waals surface area contributed by atoms with Crippen molar-refractivity contribution in [3.05, 3.63) is 58.6 Å². The Bertz CT molecular complexity index is 941. The SMILES string of the molecule is N#Cc1ccc(NC2CCC(NC(=O)c3ccc(N4CCNCC4)cc3)CC2)cc1Cl. The molecule has 0 atom stereocenters. The first-order chi connectivity index (χ1) is 15.1. The second-order valence-corrected chi connectivity index (χ2v) is 8.66. The zero-order valence-corrected chi connectivity index (χ0v) is 18.3. The van der Waals surface area contributed by atoms with Crippen LogP contribution in [0.25, 0.3) is 0 Å². The fraction of sp³-hybridized carbons (Fsp3) is 0.417. The molecule has 0 radical (unpaired) electrons. The van der Waals surface area contributed by atoms with Gasteiger partial charge in [-0.1, -0.05) is 11.6 Å². The first kappa shape index (κ1) is 21.5. The molecule has 0 aromatic heterocycles. The molecule has 1 heterocycles. The van der Waals surface area contributed by atoms with Crippen LogP contribution in [-0.4, -0.2) is 44.2 Å². The summed E-state index contributed by atoms with van der Waals surface area (Å²) in [4.78, 5) is 15.0. The van der Waals surface area contributed by atoms with E-state index in [-0.39, 0.29) is 11.9 Å². The molecule has 162 valence electrons. The second kappa shape index (κ2) is 10.0. The summed E-state index contributed by atoms with van der Waals surface area (Å²) < 4.78 is 0. The van der Waals surface area contributed by atoms with Crippen LogP contribution in [0.1, 0.15) is 41.6 Å². The minimum Gasteiger partial charge on any atom is -0.382 e. The molecule has 31 heavy (non-hydrogen) atoms. The van der Waals surface area contributed by atoms with Gasteiger partial charge in [0.15, 0.2) is 0 Å². The molecule has 0 unspecified atom stereocenters. The summed E-state index contributed by atoms with van der Waals surface area (Å²) in [5.74, 6) is 0.00199. The molecule has 0 bridgehead atoms. The molecule has 2 aromatic carbocycles. The van der Waals surface area contributed by atoms with Crippen LogP contribution in [0, 0.1) is 11.3 Å². The Morgan fingerprint density at radius 1 is 1.03 bits per heavy atom. The summed E-state index contributed by atoms with van der Waals surface area (Å²) in [6, 6.07) is 16.0. The highest BCUT2D eigenvalue weighted by molar-refractivity contribution is 6.32. The number of nitrogens with zero attached hydrogens (tertiary/aromatic N) is 2. The van der Waals surface area contributed by atoms with Crippen molar-refractivity contribution in [1.29, 1.82) is 5.26 Å². The van der Waals surface area contributed by atoms with Gasteiger partial charge in [0.2, 0.25) is 0 Å². The molecule has 3 N–H and O–H groups in total. The van der Waals surface area contributed by atoms with Gasteiger partial charge in [0.05, 0.1) is 10.6 Å². The lowest BCUT2D eigenvalue weighted by atomic mass is 9.90. The van der Waals surface area contributed by atoms with E-state index in [1.807, 2.05) is 30.3 Å². The zero-order valence-electron chi connectivity index (χ0n) is 17.5. The largest absolute Gasteiger partial charge is 0.382 e. The molecule has 6 nitrogen and oxygen atoms in total. The number of piperazine rings is 1. The van der Waals surface area contributed by atoms with Crippen LogP contribution in [0.4, 0.5) is 11.4 Å². The van der Waals surface area contributed by atoms with Gasteiger partial charge in [0.1, 0.15) is 6.07 Å². The second-order valence-electron chi connectivity index (χ2n) is 8.26. The van der Waals surface area contributed by atoms with Crippen LogP contribution in [-0.2, 0) is 0 Å². The van der Waals surface area contributed by atoms with Crippen LogP contribution in [0.3, 0.4) is 0 Å². The highest BCUT2D eigenvalue weighted by Crippen LogP contribution is 2.26. The summed E-state index contributed by atoms with van der Waals surface area (Å²) in [6.07, 6.45) is 3.83. The van der Waals surface area contributed by atoms with Crippen molar-refractivity contribution in [2.75, 3.05) is 36.4 Å². The Kier molecular flexibility index (Phi) is 6.96. The minimum absolute atomic E-state index is 0.00199. The maximum atomic E-state index is 12.7. The lowest BCUT2D eigenvalue weighted by Gasteiger charge is -2.30. The van der Waals surface area contributed by atoms with E-state index in [0.29, 0.717) is 22.2 Å². The van der Waals surface area contributed by atoms with E-state index in [2.05, 4.69) is 26.9 Å². The normalized spacial score (nSPS) is 21.2. The summed E-state index contributed by atoms with van der Waals surface area (Å²) in [5.41, 5.74) is 3.31. The van der Waals surface area contributed by atoms with E-state index < -0.39 is 0 Å².